The average Bonchev–Trinajstić information content (AvgIpc) is 3.09. The van der Waals surface area contributed by atoms with E-state index < -0.39 is 6.04 Å². The number of anilines is 1. The van der Waals surface area contributed by atoms with E-state index in [1.165, 1.54) is 0 Å². The van der Waals surface area contributed by atoms with Gasteiger partial charge in [-0.3, -0.25) is 4.79 Å². The van der Waals surface area contributed by atoms with Gasteiger partial charge in [0.2, 0.25) is 5.91 Å². The van der Waals surface area contributed by atoms with Crippen LogP contribution in [0.15, 0.2) is 41.9 Å². The monoisotopic (exact) mass is 302 g/mol. The molecule has 1 aromatic carbocycles. The third-order valence-corrected chi connectivity index (χ3v) is 4.54. The maximum absolute atomic E-state index is 12.5. The summed E-state index contributed by atoms with van der Waals surface area (Å²) in [5.41, 5.74) is 6.95. The number of rotatable bonds is 3. The van der Waals surface area contributed by atoms with Crippen molar-refractivity contribution in [2.75, 3.05) is 31.1 Å². The van der Waals surface area contributed by atoms with Gasteiger partial charge in [-0.2, -0.15) is 0 Å². The highest BCUT2D eigenvalue weighted by atomic mass is 32.1. The molecule has 1 unspecified atom stereocenters. The lowest BCUT2D eigenvalue weighted by Gasteiger charge is -2.35. The second kappa shape index (κ2) is 6.24. The smallest absolute Gasteiger partial charge is 0.244 e. The average molecular weight is 302 g/mol. The molecule has 2 heterocycles. The SMILES string of the molecule is NC(C(=O)N1CCN(c2nccs2)CC1)c1ccccc1. The van der Waals surface area contributed by atoms with Crippen LogP contribution < -0.4 is 10.6 Å². The molecule has 1 saturated heterocycles. The highest BCUT2D eigenvalue weighted by Crippen LogP contribution is 2.20. The normalized spacial score (nSPS) is 16.8. The molecule has 3 rings (SSSR count). The molecule has 1 aromatic heterocycles. The molecule has 6 heteroatoms. The number of thiazole rings is 1. The van der Waals surface area contributed by atoms with Crippen LogP contribution in [0.1, 0.15) is 11.6 Å². The Hall–Kier alpha value is -1.92. The van der Waals surface area contributed by atoms with Gasteiger partial charge in [-0.05, 0) is 5.56 Å². The van der Waals surface area contributed by atoms with Gasteiger partial charge in [0.05, 0.1) is 0 Å². The molecule has 21 heavy (non-hydrogen) atoms. The Balaban J connectivity index is 1.60. The molecule has 0 bridgehead atoms. The quantitative estimate of drug-likeness (QED) is 0.933. The number of carbonyl (C=O) groups excluding carboxylic acids is 1. The summed E-state index contributed by atoms with van der Waals surface area (Å²) in [4.78, 5) is 20.8. The molecule has 1 fully saturated rings. The maximum atomic E-state index is 12.5. The summed E-state index contributed by atoms with van der Waals surface area (Å²) in [7, 11) is 0. The first kappa shape index (κ1) is 14.0. The molecule has 5 nitrogen and oxygen atoms in total. The van der Waals surface area contributed by atoms with Crippen LogP contribution in [0.25, 0.3) is 0 Å². The van der Waals surface area contributed by atoms with Crippen molar-refractivity contribution >= 4 is 22.4 Å². The third kappa shape index (κ3) is 3.06. The van der Waals surface area contributed by atoms with Crippen LogP contribution in [-0.4, -0.2) is 42.0 Å². The molecule has 110 valence electrons. The van der Waals surface area contributed by atoms with Gasteiger partial charge < -0.3 is 15.5 Å². The van der Waals surface area contributed by atoms with Gasteiger partial charge in [0, 0.05) is 37.8 Å². The summed E-state index contributed by atoms with van der Waals surface area (Å²) >= 11 is 1.63. The Kier molecular flexibility index (Phi) is 4.17. The lowest BCUT2D eigenvalue weighted by molar-refractivity contribution is -0.133. The molecule has 0 spiro atoms. The van der Waals surface area contributed by atoms with Gasteiger partial charge in [0.1, 0.15) is 6.04 Å². The van der Waals surface area contributed by atoms with Gasteiger partial charge in [-0.1, -0.05) is 30.3 Å². The van der Waals surface area contributed by atoms with Crippen molar-refractivity contribution in [2.24, 2.45) is 5.73 Å². The van der Waals surface area contributed by atoms with Crippen LogP contribution in [0.5, 0.6) is 0 Å². The Bertz CT molecular complexity index is 579. The Morgan fingerprint density at radius 2 is 1.90 bits per heavy atom. The third-order valence-electron chi connectivity index (χ3n) is 3.71. The summed E-state index contributed by atoms with van der Waals surface area (Å²) in [6, 6.07) is 8.96. The molecule has 0 saturated carbocycles. The minimum Gasteiger partial charge on any atom is -0.345 e. The molecular formula is C15H18N4OS. The number of carbonyl (C=O) groups is 1. The Morgan fingerprint density at radius 3 is 2.52 bits per heavy atom. The van der Waals surface area contributed by atoms with Crippen LogP contribution in [0.3, 0.4) is 0 Å². The predicted octanol–water partition coefficient (Wildman–Crippen LogP) is 1.49. The van der Waals surface area contributed by atoms with E-state index in [0.717, 1.165) is 23.8 Å². The molecule has 1 atom stereocenters. The van der Waals surface area contributed by atoms with E-state index >= 15 is 0 Å². The van der Waals surface area contributed by atoms with Crippen molar-refractivity contribution in [2.45, 2.75) is 6.04 Å². The van der Waals surface area contributed by atoms with Crippen LogP contribution in [-0.2, 0) is 4.79 Å². The molecule has 0 radical (unpaired) electrons. The summed E-state index contributed by atoms with van der Waals surface area (Å²) in [5, 5.41) is 2.99. The Morgan fingerprint density at radius 1 is 1.19 bits per heavy atom. The zero-order valence-corrected chi connectivity index (χ0v) is 12.5. The van der Waals surface area contributed by atoms with Crippen molar-refractivity contribution < 1.29 is 4.79 Å². The molecule has 1 amide bonds. The van der Waals surface area contributed by atoms with E-state index in [0.29, 0.717) is 13.1 Å². The highest BCUT2D eigenvalue weighted by molar-refractivity contribution is 7.13. The molecular weight excluding hydrogens is 284 g/mol. The first-order valence-corrected chi connectivity index (χ1v) is 7.87. The summed E-state index contributed by atoms with van der Waals surface area (Å²) in [5.74, 6) is -0.0000104. The zero-order chi connectivity index (χ0) is 14.7. The summed E-state index contributed by atoms with van der Waals surface area (Å²) < 4.78 is 0. The molecule has 2 N–H and O–H groups in total. The number of hydrogen-bond acceptors (Lipinski definition) is 5. The largest absolute Gasteiger partial charge is 0.345 e. The number of amides is 1. The number of nitrogens with zero attached hydrogens (tertiary/aromatic N) is 3. The van der Waals surface area contributed by atoms with E-state index in [-0.39, 0.29) is 5.91 Å². The van der Waals surface area contributed by atoms with E-state index in [1.54, 1.807) is 11.3 Å². The number of hydrogen-bond donors (Lipinski definition) is 1. The molecule has 2 aromatic rings. The predicted molar refractivity (Wildman–Crippen MR) is 84.3 cm³/mol. The van der Waals surface area contributed by atoms with Crippen LogP contribution in [0.4, 0.5) is 5.13 Å². The number of benzene rings is 1. The number of nitrogens with two attached hydrogens (primary N) is 1. The first-order valence-electron chi connectivity index (χ1n) is 6.99. The lowest BCUT2D eigenvalue weighted by atomic mass is 10.1. The molecule has 1 aliphatic rings. The lowest BCUT2D eigenvalue weighted by Crippen LogP contribution is -2.51. The number of piperazine rings is 1. The number of aromatic nitrogens is 1. The minimum atomic E-state index is -0.572. The van der Waals surface area contributed by atoms with E-state index in [9.17, 15) is 4.79 Å². The van der Waals surface area contributed by atoms with Gasteiger partial charge in [0.15, 0.2) is 5.13 Å². The van der Waals surface area contributed by atoms with Crippen molar-refractivity contribution in [3.8, 4) is 0 Å². The fourth-order valence-electron chi connectivity index (χ4n) is 2.49. The second-order valence-corrected chi connectivity index (χ2v) is 5.89. The van der Waals surface area contributed by atoms with Crippen molar-refractivity contribution in [3.63, 3.8) is 0 Å². The van der Waals surface area contributed by atoms with Gasteiger partial charge in [-0.15, -0.1) is 11.3 Å². The van der Waals surface area contributed by atoms with E-state index in [4.69, 9.17) is 5.73 Å². The van der Waals surface area contributed by atoms with Gasteiger partial charge in [-0.25, -0.2) is 4.98 Å². The topological polar surface area (TPSA) is 62.5 Å². The minimum absolute atomic E-state index is 0.0000104. The first-order chi connectivity index (χ1) is 10.3. The van der Waals surface area contributed by atoms with Gasteiger partial charge in [0.25, 0.3) is 0 Å². The van der Waals surface area contributed by atoms with Crippen molar-refractivity contribution in [1.29, 1.82) is 0 Å². The van der Waals surface area contributed by atoms with Crippen molar-refractivity contribution in [1.82, 2.24) is 9.88 Å². The van der Waals surface area contributed by atoms with Gasteiger partial charge >= 0.3 is 0 Å². The van der Waals surface area contributed by atoms with Crippen LogP contribution >= 0.6 is 11.3 Å². The highest BCUT2D eigenvalue weighted by Gasteiger charge is 2.26. The standard InChI is InChI=1S/C15H18N4OS/c16-13(12-4-2-1-3-5-12)14(20)18-7-9-19(10-8-18)15-17-6-11-21-15/h1-6,11,13H,7-10,16H2. The van der Waals surface area contributed by atoms with Crippen LogP contribution in [0.2, 0.25) is 0 Å². The van der Waals surface area contributed by atoms with E-state index in [2.05, 4.69) is 9.88 Å². The Labute approximate surface area is 128 Å². The van der Waals surface area contributed by atoms with E-state index in [1.807, 2.05) is 46.8 Å². The second-order valence-electron chi connectivity index (χ2n) is 5.02. The fraction of sp³-hybridized carbons (Fsp3) is 0.333. The summed E-state index contributed by atoms with van der Waals surface area (Å²) in [6.07, 6.45) is 1.81. The molecule has 1 aliphatic heterocycles. The van der Waals surface area contributed by atoms with Crippen molar-refractivity contribution in [3.05, 3.63) is 47.5 Å². The zero-order valence-electron chi connectivity index (χ0n) is 11.7. The maximum Gasteiger partial charge on any atom is 0.244 e. The van der Waals surface area contributed by atoms with Crippen LogP contribution in [0, 0.1) is 0 Å². The summed E-state index contributed by atoms with van der Waals surface area (Å²) in [6.45, 7) is 3.00. The fourth-order valence-corrected chi connectivity index (χ4v) is 3.19. The molecule has 0 aliphatic carbocycles.